The molecule has 0 unspecified atom stereocenters. The van der Waals surface area contributed by atoms with Gasteiger partial charge in [0.1, 0.15) is 11.5 Å². The molecule has 0 fully saturated rings. The summed E-state index contributed by atoms with van der Waals surface area (Å²) in [6.45, 7) is 3.47. The SMILES string of the molecule is CCCNC(=O)CNC(=NC)N(C)Cc1ccc(OC)cc1OC.I. The molecular weight excluding hydrogens is 435 g/mol. The largest absolute Gasteiger partial charge is 0.497 e. The molecule has 0 heterocycles. The van der Waals surface area contributed by atoms with Crippen molar-refractivity contribution in [3.63, 3.8) is 0 Å². The number of amides is 1. The van der Waals surface area contributed by atoms with E-state index in [-0.39, 0.29) is 36.4 Å². The summed E-state index contributed by atoms with van der Waals surface area (Å²) in [5, 5.41) is 5.88. The Bertz CT molecular complexity index is 567. The van der Waals surface area contributed by atoms with E-state index in [2.05, 4.69) is 15.6 Å². The van der Waals surface area contributed by atoms with Crippen LogP contribution < -0.4 is 20.1 Å². The van der Waals surface area contributed by atoms with Gasteiger partial charge in [-0.1, -0.05) is 6.92 Å². The van der Waals surface area contributed by atoms with E-state index in [9.17, 15) is 4.79 Å². The van der Waals surface area contributed by atoms with Gasteiger partial charge in [0, 0.05) is 38.8 Å². The minimum Gasteiger partial charge on any atom is -0.497 e. The first kappa shape index (κ1) is 23.3. The number of aliphatic imine (C=N–C) groups is 1. The number of nitrogens with one attached hydrogen (secondary N) is 2. The molecule has 25 heavy (non-hydrogen) atoms. The Hall–Kier alpha value is -1.71. The summed E-state index contributed by atoms with van der Waals surface area (Å²) in [5.74, 6) is 2.08. The average Bonchev–Trinajstić information content (AvgIpc) is 2.60. The predicted molar refractivity (Wildman–Crippen MR) is 111 cm³/mol. The van der Waals surface area contributed by atoms with E-state index in [1.54, 1.807) is 21.3 Å². The van der Waals surface area contributed by atoms with E-state index in [1.165, 1.54) is 0 Å². The van der Waals surface area contributed by atoms with Crippen LogP contribution in [0.2, 0.25) is 0 Å². The van der Waals surface area contributed by atoms with Crippen molar-refractivity contribution < 1.29 is 14.3 Å². The minimum absolute atomic E-state index is 0. The van der Waals surface area contributed by atoms with E-state index in [1.807, 2.05) is 37.1 Å². The Morgan fingerprint density at radius 3 is 2.52 bits per heavy atom. The van der Waals surface area contributed by atoms with Crippen LogP contribution in [0.4, 0.5) is 0 Å². The number of carbonyl (C=O) groups is 1. The zero-order chi connectivity index (χ0) is 17.9. The highest BCUT2D eigenvalue weighted by atomic mass is 127. The molecule has 0 spiro atoms. The van der Waals surface area contributed by atoms with Crippen molar-refractivity contribution in [2.75, 3.05) is 41.4 Å². The zero-order valence-electron chi connectivity index (χ0n) is 15.6. The average molecular weight is 464 g/mol. The molecule has 0 bridgehead atoms. The molecule has 0 aliphatic heterocycles. The number of halogens is 1. The number of hydrogen-bond donors (Lipinski definition) is 2. The molecule has 1 rings (SSSR count). The van der Waals surface area contributed by atoms with Crippen LogP contribution in [0.1, 0.15) is 18.9 Å². The molecule has 0 aliphatic carbocycles. The fraction of sp³-hybridized carbons (Fsp3) is 0.529. The smallest absolute Gasteiger partial charge is 0.239 e. The van der Waals surface area contributed by atoms with Gasteiger partial charge in [-0.05, 0) is 18.6 Å². The topological polar surface area (TPSA) is 75.2 Å². The van der Waals surface area contributed by atoms with Gasteiger partial charge in [-0.25, -0.2) is 0 Å². The summed E-state index contributed by atoms with van der Waals surface area (Å²) in [7, 11) is 6.84. The summed E-state index contributed by atoms with van der Waals surface area (Å²) in [4.78, 5) is 17.8. The van der Waals surface area contributed by atoms with Crippen LogP contribution in [0.3, 0.4) is 0 Å². The van der Waals surface area contributed by atoms with E-state index < -0.39 is 0 Å². The maximum absolute atomic E-state index is 11.7. The first-order chi connectivity index (χ1) is 11.5. The quantitative estimate of drug-likeness (QED) is 0.349. The van der Waals surface area contributed by atoms with Crippen LogP contribution in [0.15, 0.2) is 23.2 Å². The van der Waals surface area contributed by atoms with Gasteiger partial charge < -0.3 is 25.0 Å². The van der Waals surface area contributed by atoms with Crippen molar-refractivity contribution in [2.24, 2.45) is 4.99 Å². The number of carbonyl (C=O) groups excluding carboxylic acids is 1. The second-order valence-electron chi connectivity index (χ2n) is 5.28. The van der Waals surface area contributed by atoms with Gasteiger partial charge in [0.2, 0.25) is 5.91 Å². The fourth-order valence-electron chi connectivity index (χ4n) is 2.18. The van der Waals surface area contributed by atoms with Crippen molar-refractivity contribution in [3.05, 3.63) is 23.8 Å². The maximum Gasteiger partial charge on any atom is 0.239 e. The Balaban J connectivity index is 0.00000576. The third-order valence-corrected chi connectivity index (χ3v) is 3.45. The summed E-state index contributed by atoms with van der Waals surface area (Å²) in [6, 6.07) is 5.69. The Labute approximate surface area is 167 Å². The van der Waals surface area contributed by atoms with Crippen LogP contribution in [-0.2, 0) is 11.3 Å². The number of ether oxygens (including phenoxy) is 2. The van der Waals surface area contributed by atoms with E-state index >= 15 is 0 Å². The van der Waals surface area contributed by atoms with Crippen LogP contribution in [0, 0.1) is 0 Å². The zero-order valence-corrected chi connectivity index (χ0v) is 17.9. The predicted octanol–water partition coefficient (Wildman–Crippen LogP) is 1.86. The molecule has 1 aromatic carbocycles. The summed E-state index contributed by atoms with van der Waals surface area (Å²) >= 11 is 0. The van der Waals surface area contributed by atoms with Gasteiger partial charge in [-0.3, -0.25) is 9.79 Å². The van der Waals surface area contributed by atoms with Crippen molar-refractivity contribution in [3.8, 4) is 11.5 Å². The first-order valence-electron chi connectivity index (χ1n) is 7.95. The fourth-order valence-corrected chi connectivity index (χ4v) is 2.18. The molecule has 0 aromatic heterocycles. The van der Waals surface area contributed by atoms with E-state index in [4.69, 9.17) is 9.47 Å². The second kappa shape index (κ2) is 12.6. The van der Waals surface area contributed by atoms with Gasteiger partial charge in [0.15, 0.2) is 5.96 Å². The van der Waals surface area contributed by atoms with Crippen molar-refractivity contribution in [1.82, 2.24) is 15.5 Å². The molecule has 0 radical (unpaired) electrons. The third-order valence-electron chi connectivity index (χ3n) is 3.45. The van der Waals surface area contributed by atoms with Crippen LogP contribution in [0.5, 0.6) is 11.5 Å². The Morgan fingerprint density at radius 1 is 1.24 bits per heavy atom. The van der Waals surface area contributed by atoms with Gasteiger partial charge in [-0.15, -0.1) is 24.0 Å². The molecule has 142 valence electrons. The number of rotatable bonds is 8. The number of guanidine groups is 1. The van der Waals surface area contributed by atoms with Crippen molar-refractivity contribution >= 4 is 35.8 Å². The number of methoxy groups -OCH3 is 2. The molecule has 1 aromatic rings. The monoisotopic (exact) mass is 464 g/mol. The molecule has 8 heteroatoms. The second-order valence-corrected chi connectivity index (χ2v) is 5.28. The lowest BCUT2D eigenvalue weighted by Crippen LogP contribution is -2.43. The first-order valence-corrected chi connectivity index (χ1v) is 7.95. The molecule has 0 aliphatic rings. The highest BCUT2D eigenvalue weighted by Gasteiger charge is 2.12. The number of hydrogen-bond acceptors (Lipinski definition) is 4. The van der Waals surface area contributed by atoms with Gasteiger partial charge >= 0.3 is 0 Å². The molecule has 1 amide bonds. The molecule has 7 nitrogen and oxygen atoms in total. The highest BCUT2D eigenvalue weighted by molar-refractivity contribution is 14.0. The standard InChI is InChI=1S/C17H28N4O3.HI/c1-6-9-19-16(22)11-20-17(18-2)21(3)12-13-7-8-14(23-4)10-15(13)24-5;/h7-8,10H,6,9,11-12H2,1-5H3,(H,18,20)(H,19,22);1H. The Kier molecular flexibility index (Phi) is 11.8. The van der Waals surface area contributed by atoms with E-state index in [0.29, 0.717) is 19.0 Å². The molecule has 2 N–H and O–H groups in total. The van der Waals surface area contributed by atoms with Crippen LogP contribution in [0.25, 0.3) is 0 Å². The Morgan fingerprint density at radius 2 is 1.96 bits per heavy atom. The van der Waals surface area contributed by atoms with Gasteiger partial charge in [-0.2, -0.15) is 0 Å². The lowest BCUT2D eigenvalue weighted by atomic mass is 10.2. The molecule has 0 saturated carbocycles. The molecular formula is C17H29IN4O3. The van der Waals surface area contributed by atoms with Gasteiger partial charge in [0.25, 0.3) is 0 Å². The van der Waals surface area contributed by atoms with Gasteiger partial charge in [0.05, 0.1) is 20.8 Å². The van der Waals surface area contributed by atoms with Crippen LogP contribution in [-0.4, -0.2) is 58.2 Å². The summed E-state index contributed by atoms with van der Waals surface area (Å²) in [5.41, 5.74) is 0.999. The lowest BCUT2D eigenvalue weighted by molar-refractivity contribution is -0.120. The van der Waals surface area contributed by atoms with Crippen molar-refractivity contribution in [1.29, 1.82) is 0 Å². The normalized spacial score (nSPS) is 10.5. The molecule has 0 saturated heterocycles. The highest BCUT2D eigenvalue weighted by Crippen LogP contribution is 2.25. The summed E-state index contributed by atoms with van der Waals surface area (Å²) < 4.78 is 10.6. The summed E-state index contributed by atoms with van der Waals surface area (Å²) in [6.07, 6.45) is 0.914. The number of nitrogens with zero attached hydrogens (tertiary/aromatic N) is 2. The number of benzene rings is 1. The maximum atomic E-state index is 11.7. The minimum atomic E-state index is -0.0478. The third kappa shape index (κ3) is 7.80. The van der Waals surface area contributed by atoms with Crippen LogP contribution >= 0.6 is 24.0 Å². The lowest BCUT2D eigenvalue weighted by Gasteiger charge is -2.23. The van der Waals surface area contributed by atoms with Crippen molar-refractivity contribution in [2.45, 2.75) is 19.9 Å². The molecule has 0 atom stereocenters. The van der Waals surface area contributed by atoms with E-state index in [0.717, 1.165) is 23.5 Å².